The maximum absolute atomic E-state index is 8.09. The number of methoxy groups -OCH3 is 4. The van der Waals surface area contributed by atoms with Gasteiger partial charge in [-0.3, -0.25) is 0 Å². The molecule has 138 valence electrons. The van der Waals surface area contributed by atoms with E-state index in [1.165, 1.54) is 0 Å². The highest BCUT2D eigenvalue weighted by molar-refractivity contribution is 4.28. The van der Waals surface area contributed by atoms with Crippen molar-refractivity contribution < 1.29 is 38.6 Å². The van der Waals surface area contributed by atoms with Crippen LogP contribution in [0, 0.1) is 0 Å². The Hall–Kier alpha value is -0.320. The molecule has 0 atom stereocenters. The minimum absolute atomic E-state index is 0.0278. The Morgan fingerprint density at radius 2 is 0.727 bits per heavy atom. The summed E-state index contributed by atoms with van der Waals surface area (Å²) < 4.78 is 28.5. The highest BCUT2D eigenvalue weighted by Crippen LogP contribution is 1.75. The maximum Gasteiger partial charge on any atom is 0.0701 e. The molecule has 0 bridgehead atoms. The van der Waals surface area contributed by atoms with Crippen LogP contribution in [-0.2, 0) is 28.4 Å². The number of rotatable bonds is 13. The molecule has 0 spiro atoms. The minimum atomic E-state index is 0.0278. The van der Waals surface area contributed by atoms with Gasteiger partial charge in [0.1, 0.15) is 0 Å². The van der Waals surface area contributed by atoms with E-state index in [4.69, 9.17) is 24.4 Å². The van der Waals surface area contributed by atoms with Crippen LogP contribution in [0.3, 0.4) is 0 Å². The van der Waals surface area contributed by atoms with Crippen LogP contribution < -0.4 is 0 Å². The van der Waals surface area contributed by atoms with Crippen molar-refractivity contribution in [2.45, 2.75) is 0 Å². The first kappa shape index (κ1) is 26.6. The van der Waals surface area contributed by atoms with Gasteiger partial charge in [-0.15, -0.1) is 0 Å². The number of aliphatic hydroxyl groups excluding tert-OH is 2. The van der Waals surface area contributed by atoms with Crippen LogP contribution >= 0.6 is 0 Å². The second kappa shape index (κ2) is 32.6. The molecule has 0 aromatic rings. The van der Waals surface area contributed by atoms with Crippen molar-refractivity contribution in [3.8, 4) is 0 Å². The van der Waals surface area contributed by atoms with E-state index >= 15 is 0 Å². The Kier molecular flexibility index (Phi) is 39.3. The maximum atomic E-state index is 8.09. The third kappa shape index (κ3) is 42.7. The van der Waals surface area contributed by atoms with E-state index in [-0.39, 0.29) is 13.2 Å². The fourth-order valence-electron chi connectivity index (χ4n) is 0.784. The fraction of sp³-hybridized carbons (Fsp3) is 1.00. The lowest BCUT2D eigenvalue weighted by atomic mass is 10.7. The zero-order chi connectivity index (χ0) is 17.3. The lowest BCUT2D eigenvalue weighted by Crippen LogP contribution is -2.06. The summed E-state index contributed by atoms with van der Waals surface area (Å²) in [7, 11) is 6.61. The number of ether oxygens (including phenoxy) is 6. The number of hydrogen-bond acceptors (Lipinski definition) is 8. The molecule has 8 nitrogen and oxygen atoms in total. The monoisotopic (exact) mass is 330 g/mol. The van der Waals surface area contributed by atoms with E-state index in [9.17, 15) is 0 Å². The lowest BCUT2D eigenvalue weighted by molar-refractivity contribution is 0.0385. The third-order valence-corrected chi connectivity index (χ3v) is 1.83. The van der Waals surface area contributed by atoms with Crippen LogP contribution in [0.4, 0.5) is 0 Å². The topological polar surface area (TPSA) is 95.8 Å². The predicted octanol–water partition coefficient (Wildman–Crippen LogP) is -0.437. The molecule has 8 heteroatoms. The third-order valence-electron chi connectivity index (χ3n) is 1.83. The molecular formula is C14H34O8. The van der Waals surface area contributed by atoms with Crippen LogP contribution in [0.5, 0.6) is 0 Å². The van der Waals surface area contributed by atoms with E-state index < -0.39 is 0 Å². The normalized spacial score (nSPS) is 9.55. The standard InChI is InChI=1S/C6H14O3.C4H10O3.C4H10O2/c1-7-3-5-9-6-4-8-2;5-1-3-7-4-2-6;1-5-3-4-6-2/h3-6H2,1-2H3;5-6H,1-4H2;3-4H2,1-2H3. The SMILES string of the molecule is COCCOC.COCCOCCOC.OCCOCCO. The first-order chi connectivity index (χ1) is 10.7. The van der Waals surface area contributed by atoms with Crippen LogP contribution in [0.25, 0.3) is 0 Å². The summed E-state index contributed by atoms with van der Waals surface area (Å²) in [6.45, 7) is 4.70. The number of aliphatic hydroxyl groups is 2. The molecule has 0 saturated heterocycles. The predicted molar refractivity (Wildman–Crippen MR) is 83.3 cm³/mol. The molecule has 0 aromatic heterocycles. The average Bonchev–Trinajstić information content (AvgIpc) is 2.54. The zero-order valence-corrected chi connectivity index (χ0v) is 14.4. The van der Waals surface area contributed by atoms with Crippen LogP contribution in [0.15, 0.2) is 0 Å². The van der Waals surface area contributed by atoms with Gasteiger partial charge in [0.25, 0.3) is 0 Å². The Labute approximate surface area is 134 Å². The van der Waals surface area contributed by atoms with E-state index in [1.54, 1.807) is 28.4 Å². The summed E-state index contributed by atoms with van der Waals surface area (Å²) in [6, 6.07) is 0. The van der Waals surface area contributed by atoms with Gasteiger partial charge >= 0.3 is 0 Å². The highest BCUT2D eigenvalue weighted by Gasteiger charge is 1.84. The number of hydrogen-bond donors (Lipinski definition) is 2. The first-order valence-electron chi connectivity index (χ1n) is 7.07. The lowest BCUT2D eigenvalue weighted by Gasteiger charge is -2.00. The van der Waals surface area contributed by atoms with Crippen molar-refractivity contribution in [1.82, 2.24) is 0 Å². The molecule has 0 aromatic carbocycles. The van der Waals surface area contributed by atoms with E-state index in [0.29, 0.717) is 52.9 Å². The highest BCUT2D eigenvalue weighted by atomic mass is 16.5. The van der Waals surface area contributed by atoms with Gasteiger partial charge in [0.15, 0.2) is 0 Å². The summed E-state index contributed by atoms with van der Waals surface area (Å²) >= 11 is 0. The largest absolute Gasteiger partial charge is 0.394 e. The van der Waals surface area contributed by atoms with Crippen LogP contribution in [-0.4, -0.2) is 105 Å². The Bertz CT molecular complexity index is 135. The molecule has 0 amide bonds. The molecule has 2 N–H and O–H groups in total. The molecular weight excluding hydrogens is 296 g/mol. The van der Waals surface area contributed by atoms with Crippen molar-refractivity contribution in [3.63, 3.8) is 0 Å². The quantitative estimate of drug-likeness (QED) is 0.439. The molecule has 0 heterocycles. The molecule has 0 radical (unpaired) electrons. The van der Waals surface area contributed by atoms with Gasteiger partial charge < -0.3 is 38.6 Å². The molecule has 22 heavy (non-hydrogen) atoms. The first-order valence-corrected chi connectivity index (χ1v) is 7.07. The van der Waals surface area contributed by atoms with Gasteiger partial charge in [-0.25, -0.2) is 0 Å². The minimum Gasteiger partial charge on any atom is -0.394 e. The molecule has 0 aliphatic rings. The zero-order valence-electron chi connectivity index (χ0n) is 14.4. The second-order valence-corrected chi connectivity index (χ2v) is 3.64. The summed E-state index contributed by atoms with van der Waals surface area (Å²) in [6.07, 6.45) is 0. The molecule has 0 unspecified atom stereocenters. The summed E-state index contributed by atoms with van der Waals surface area (Å²) in [5.74, 6) is 0. The van der Waals surface area contributed by atoms with Gasteiger partial charge in [-0.1, -0.05) is 0 Å². The van der Waals surface area contributed by atoms with Gasteiger partial charge in [0.2, 0.25) is 0 Å². The molecule has 0 saturated carbocycles. The van der Waals surface area contributed by atoms with Crippen molar-refractivity contribution >= 4 is 0 Å². The van der Waals surface area contributed by atoms with Crippen molar-refractivity contribution in [3.05, 3.63) is 0 Å². The van der Waals surface area contributed by atoms with Gasteiger partial charge in [0, 0.05) is 28.4 Å². The van der Waals surface area contributed by atoms with Crippen LogP contribution in [0.2, 0.25) is 0 Å². The van der Waals surface area contributed by atoms with E-state index in [1.807, 2.05) is 0 Å². The Balaban J connectivity index is -0.000000252. The smallest absolute Gasteiger partial charge is 0.0701 e. The van der Waals surface area contributed by atoms with Crippen LogP contribution in [0.1, 0.15) is 0 Å². The second-order valence-electron chi connectivity index (χ2n) is 3.64. The molecule has 0 aliphatic heterocycles. The molecule has 0 aliphatic carbocycles. The summed E-state index contributed by atoms with van der Waals surface area (Å²) in [5.41, 5.74) is 0. The summed E-state index contributed by atoms with van der Waals surface area (Å²) in [4.78, 5) is 0. The van der Waals surface area contributed by atoms with Gasteiger partial charge in [-0.05, 0) is 0 Å². The molecule has 0 fully saturated rings. The Morgan fingerprint density at radius 3 is 1.00 bits per heavy atom. The van der Waals surface area contributed by atoms with Gasteiger partial charge in [-0.2, -0.15) is 0 Å². The summed E-state index contributed by atoms with van der Waals surface area (Å²) in [5, 5.41) is 16.2. The Morgan fingerprint density at radius 1 is 0.455 bits per heavy atom. The molecule has 0 rings (SSSR count). The van der Waals surface area contributed by atoms with Crippen molar-refractivity contribution in [2.75, 3.05) is 94.5 Å². The van der Waals surface area contributed by atoms with E-state index in [0.717, 1.165) is 0 Å². The fourth-order valence-corrected chi connectivity index (χ4v) is 0.784. The van der Waals surface area contributed by atoms with Crippen molar-refractivity contribution in [2.24, 2.45) is 0 Å². The van der Waals surface area contributed by atoms with Gasteiger partial charge in [0.05, 0.1) is 66.1 Å². The average molecular weight is 330 g/mol. The van der Waals surface area contributed by atoms with E-state index in [2.05, 4.69) is 14.2 Å². The van der Waals surface area contributed by atoms with Crippen molar-refractivity contribution in [1.29, 1.82) is 0 Å².